The number of nitrogens with zero attached hydrogens (tertiary/aromatic N) is 3. The quantitative estimate of drug-likeness (QED) is 0.287. The van der Waals surface area contributed by atoms with Gasteiger partial charge in [0.1, 0.15) is 11.6 Å². The topological polar surface area (TPSA) is 83.7 Å². The summed E-state index contributed by atoms with van der Waals surface area (Å²) in [5.74, 6) is 2.50. The Morgan fingerprint density at radius 2 is 1.93 bits per heavy atom. The smallest absolute Gasteiger partial charge is 0.191 e. The first kappa shape index (κ1) is 21.6. The zero-order valence-corrected chi connectivity index (χ0v) is 17.9. The van der Waals surface area contributed by atoms with Crippen molar-refractivity contribution in [2.24, 2.45) is 4.99 Å². The van der Waals surface area contributed by atoms with Gasteiger partial charge >= 0.3 is 0 Å². The largest absolute Gasteiger partial charge is 0.497 e. The van der Waals surface area contributed by atoms with E-state index in [0.717, 1.165) is 54.2 Å². The van der Waals surface area contributed by atoms with Crippen LogP contribution in [0.1, 0.15) is 30.8 Å². The van der Waals surface area contributed by atoms with Crippen LogP contribution in [0.25, 0.3) is 11.0 Å². The number of hydrogen-bond donors (Lipinski definition) is 3. The summed E-state index contributed by atoms with van der Waals surface area (Å²) in [6.45, 7) is 6.77. The lowest BCUT2D eigenvalue weighted by Crippen LogP contribution is -2.38. The average Bonchev–Trinajstić information content (AvgIpc) is 3.09. The molecule has 3 N–H and O–H groups in total. The molecule has 0 spiro atoms. The lowest BCUT2D eigenvalue weighted by molar-refractivity contribution is 0.187. The van der Waals surface area contributed by atoms with Crippen LogP contribution in [0.3, 0.4) is 0 Å². The fourth-order valence-corrected chi connectivity index (χ4v) is 3.37. The average molecular weight is 410 g/mol. The van der Waals surface area contributed by atoms with E-state index >= 15 is 0 Å². The van der Waals surface area contributed by atoms with E-state index in [9.17, 15) is 5.11 Å². The Balaban J connectivity index is 1.52. The van der Waals surface area contributed by atoms with E-state index in [1.165, 1.54) is 0 Å². The Labute approximate surface area is 177 Å². The van der Waals surface area contributed by atoms with Gasteiger partial charge in [0, 0.05) is 19.6 Å². The van der Waals surface area contributed by atoms with Gasteiger partial charge in [0.25, 0.3) is 0 Å². The van der Waals surface area contributed by atoms with Gasteiger partial charge in [-0.1, -0.05) is 24.3 Å². The zero-order valence-electron chi connectivity index (χ0n) is 17.9. The molecule has 7 heteroatoms. The minimum atomic E-state index is -0.661. The number of aromatic nitrogens is 2. The molecule has 3 aromatic rings. The van der Waals surface area contributed by atoms with Gasteiger partial charge < -0.3 is 25.0 Å². The van der Waals surface area contributed by atoms with E-state index in [1.54, 1.807) is 7.11 Å². The van der Waals surface area contributed by atoms with E-state index in [2.05, 4.69) is 31.2 Å². The number of nitrogens with one attached hydrogen (secondary N) is 2. The van der Waals surface area contributed by atoms with Gasteiger partial charge in [0.2, 0.25) is 0 Å². The molecular formula is C23H31N5O2. The van der Waals surface area contributed by atoms with E-state index in [1.807, 2.05) is 56.3 Å². The van der Waals surface area contributed by atoms with E-state index in [0.29, 0.717) is 5.96 Å². The number of imidazole rings is 1. The molecular weight excluding hydrogens is 378 g/mol. The van der Waals surface area contributed by atoms with Crippen LogP contribution >= 0.6 is 0 Å². The van der Waals surface area contributed by atoms with Gasteiger partial charge in [-0.15, -0.1) is 0 Å². The molecule has 0 fully saturated rings. The van der Waals surface area contributed by atoms with Gasteiger partial charge in [-0.25, -0.2) is 4.98 Å². The van der Waals surface area contributed by atoms with Crippen LogP contribution in [-0.2, 0) is 6.54 Å². The highest BCUT2D eigenvalue weighted by Crippen LogP contribution is 2.18. The summed E-state index contributed by atoms with van der Waals surface area (Å²) in [5, 5.41) is 17.0. The van der Waals surface area contributed by atoms with E-state index in [4.69, 9.17) is 4.74 Å². The monoisotopic (exact) mass is 409 g/mol. The molecule has 0 aliphatic carbocycles. The third kappa shape index (κ3) is 5.51. The number of fused-ring (bicyclic) bond motifs is 1. The van der Waals surface area contributed by atoms with Crippen molar-refractivity contribution in [3.63, 3.8) is 0 Å². The van der Waals surface area contributed by atoms with Crippen molar-refractivity contribution in [1.29, 1.82) is 0 Å². The van der Waals surface area contributed by atoms with Gasteiger partial charge in [0.15, 0.2) is 5.96 Å². The maximum Gasteiger partial charge on any atom is 0.191 e. The second kappa shape index (κ2) is 10.6. The number of aliphatic hydroxyl groups is 1. The van der Waals surface area contributed by atoms with Crippen LogP contribution in [0.4, 0.5) is 0 Å². The zero-order chi connectivity index (χ0) is 21.3. The first-order valence-electron chi connectivity index (χ1n) is 10.4. The summed E-state index contributed by atoms with van der Waals surface area (Å²) in [4.78, 5) is 9.14. The third-order valence-electron chi connectivity index (χ3n) is 4.96. The molecule has 0 amide bonds. The van der Waals surface area contributed by atoms with Crippen LogP contribution in [-0.4, -0.2) is 47.4 Å². The maximum atomic E-state index is 10.4. The predicted octanol–water partition coefficient (Wildman–Crippen LogP) is 3.03. The third-order valence-corrected chi connectivity index (χ3v) is 4.96. The van der Waals surface area contributed by atoms with Crippen LogP contribution in [0.2, 0.25) is 0 Å². The minimum absolute atomic E-state index is 0.285. The fourth-order valence-electron chi connectivity index (χ4n) is 3.37. The molecule has 0 saturated carbocycles. The maximum absolute atomic E-state index is 10.4. The summed E-state index contributed by atoms with van der Waals surface area (Å²) in [7, 11) is 1.63. The van der Waals surface area contributed by atoms with Crippen molar-refractivity contribution in [1.82, 2.24) is 20.2 Å². The summed E-state index contributed by atoms with van der Waals surface area (Å²) >= 11 is 0. The Morgan fingerprint density at radius 3 is 2.67 bits per heavy atom. The Hall–Kier alpha value is -3.06. The number of aliphatic hydroxyl groups excluding tert-OH is 1. The molecule has 0 bridgehead atoms. The minimum Gasteiger partial charge on any atom is -0.497 e. The normalized spacial score (nSPS) is 12.7. The van der Waals surface area contributed by atoms with Gasteiger partial charge in [-0.05, 0) is 50.1 Å². The second-order valence-electron chi connectivity index (χ2n) is 7.09. The summed E-state index contributed by atoms with van der Waals surface area (Å²) in [6.07, 6.45) is 0.276. The lowest BCUT2D eigenvalue weighted by atomic mass is 10.1. The van der Waals surface area contributed by atoms with Crippen molar-refractivity contribution >= 4 is 17.0 Å². The summed E-state index contributed by atoms with van der Waals surface area (Å²) in [6, 6.07) is 15.6. The van der Waals surface area contributed by atoms with Crippen LogP contribution in [0.15, 0.2) is 53.5 Å². The standard InChI is InChI=1S/C23H31N5O2/c1-4-24-23(26-16-22(29)18-10-12-19(30-3)13-11-18)25-14-7-15-28-17(2)27-20-8-5-6-9-21(20)28/h5-6,8-13,22,29H,4,7,14-16H2,1-3H3,(H2,24,25,26). The van der Waals surface area contributed by atoms with Crippen LogP contribution in [0.5, 0.6) is 5.75 Å². The Kier molecular flexibility index (Phi) is 7.68. The SMILES string of the molecule is CCNC(=NCC(O)c1ccc(OC)cc1)NCCCn1c(C)nc2ccccc21. The number of guanidine groups is 1. The van der Waals surface area contributed by atoms with Crippen LogP contribution < -0.4 is 15.4 Å². The molecule has 7 nitrogen and oxygen atoms in total. The molecule has 1 atom stereocenters. The molecule has 1 aromatic heterocycles. The number of aryl methyl sites for hydroxylation is 2. The molecule has 1 unspecified atom stereocenters. The summed E-state index contributed by atoms with van der Waals surface area (Å²) < 4.78 is 7.40. The fraction of sp³-hybridized carbons (Fsp3) is 0.391. The number of para-hydroxylation sites is 2. The van der Waals surface area contributed by atoms with E-state index < -0.39 is 6.10 Å². The van der Waals surface area contributed by atoms with Gasteiger partial charge in [-0.2, -0.15) is 0 Å². The molecule has 2 aromatic carbocycles. The highest BCUT2D eigenvalue weighted by molar-refractivity contribution is 5.79. The van der Waals surface area contributed by atoms with Crippen molar-refractivity contribution in [2.45, 2.75) is 32.9 Å². The number of hydrogen-bond acceptors (Lipinski definition) is 4. The Bertz CT molecular complexity index is 965. The second-order valence-corrected chi connectivity index (χ2v) is 7.09. The number of ether oxygens (including phenoxy) is 1. The highest BCUT2D eigenvalue weighted by Gasteiger charge is 2.09. The van der Waals surface area contributed by atoms with Crippen molar-refractivity contribution < 1.29 is 9.84 Å². The molecule has 3 rings (SSSR count). The molecule has 0 radical (unpaired) electrons. The summed E-state index contributed by atoms with van der Waals surface area (Å²) in [5.41, 5.74) is 3.02. The van der Waals surface area contributed by atoms with Gasteiger partial charge in [-0.3, -0.25) is 4.99 Å². The number of rotatable bonds is 9. The number of methoxy groups -OCH3 is 1. The van der Waals surface area contributed by atoms with Crippen molar-refractivity contribution in [3.8, 4) is 5.75 Å². The Morgan fingerprint density at radius 1 is 1.17 bits per heavy atom. The molecule has 0 aliphatic rings. The highest BCUT2D eigenvalue weighted by atomic mass is 16.5. The molecule has 0 saturated heterocycles. The number of benzene rings is 2. The van der Waals surface area contributed by atoms with Crippen LogP contribution in [0, 0.1) is 6.92 Å². The van der Waals surface area contributed by atoms with Gasteiger partial charge in [0.05, 0.1) is 30.8 Å². The molecule has 30 heavy (non-hydrogen) atoms. The van der Waals surface area contributed by atoms with Crippen molar-refractivity contribution in [3.05, 3.63) is 59.9 Å². The first-order chi connectivity index (χ1) is 14.6. The number of aliphatic imine (C=N–C) groups is 1. The molecule has 1 heterocycles. The van der Waals surface area contributed by atoms with E-state index in [-0.39, 0.29) is 6.54 Å². The predicted molar refractivity (Wildman–Crippen MR) is 121 cm³/mol. The van der Waals surface area contributed by atoms with Crippen molar-refractivity contribution in [2.75, 3.05) is 26.7 Å². The first-order valence-corrected chi connectivity index (χ1v) is 10.4. The molecule has 0 aliphatic heterocycles. The molecule has 160 valence electrons. The lowest BCUT2D eigenvalue weighted by Gasteiger charge is -2.14.